The molecule has 2 atom stereocenters. The average molecular weight is 368 g/mol. The van der Waals surface area contributed by atoms with E-state index in [9.17, 15) is 13.2 Å². The third-order valence-corrected chi connectivity index (χ3v) is 6.77. The van der Waals surface area contributed by atoms with Gasteiger partial charge in [0.15, 0.2) is 0 Å². The van der Waals surface area contributed by atoms with E-state index in [0.717, 1.165) is 12.0 Å². The van der Waals surface area contributed by atoms with E-state index in [-0.39, 0.29) is 23.7 Å². The van der Waals surface area contributed by atoms with E-state index in [0.29, 0.717) is 37.9 Å². The predicted octanol–water partition coefficient (Wildman–Crippen LogP) is 1.51. The molecule has 140 valence electrons. The molecule has 1 aromatic carbocycles. The summed E-state index contributed by atoms with van der Waals surface area (Å²) in [4.78, 5) is 12.5. The van der Waals surface area contributed by atoms with E-state index in [1.54, 1.807) is 4.31 Å². The van der Waals surface area contributed by atoms with Crippen molar-refractivity contribution in [2.75, 3.05) is 18.8 Å². The minimum Gasteiger partial charge on any atom is -0.349 e. The molecule has 0 spiro atoms. The first kappa shape index (κ1) is 19.9. The van der Waals surface area contributed by atoms with E-state index in [2.05, 4.69) is 12.2 Å². The van der Waals surface area contributed by atoms with Gasteiger partial charge in [-0.3, -0.25) is 4.79 Å². The van der Waals surface area contributed by atoms with Gasteiger partial charge in [0, 0.05) is 24.2 Å². The summed E-state index contributed by atoms with van der Waals surface area (Å²) in [5.74, 6) is 0.00114. The summed E-state index contributed by atoms with van der Waals surface area (Å²) in [5, 5.41) is 3.05. The minimum atomic E-state index is -3.27. The van der Waals surface area contributed by atoms with Gasteiger partial charge in [-0.15, -0.1) is 0 Å². The molecule has 1 aliphatic heterocycles. The lowest BCUT2D eigenvalue weighted by molar-refractivity contribution is 0.0914. The highest BCUT2D eigenvalue weighted by atomic mass is 32.2. The van der Waals surface area contributed by atoms with E-state index in [1.807, 2.05) is 31.2 Å². The van der Waals surface area contributed by atoms with Crippen LogP contribution in [0.4, 0.5) is 0 Å². The molecule has 1 amide bonds. The maximum absolute atomic E-state index is 12.5. The number of amides is 1. The number of hydrogen-bond acceptors (Lipinski definition) is 4. The molecule has 1 heterocycles. The molecule has 2 rings (SSSR count). The predicted molar refractivity (Wildman–Crippen MR) is 99.9 cm³/mol. The molecule has 25 heavy (non-hydrogen) atoms. The fourth-order valence-corrected chi connectivity index (χ4v) is 5.06. The number of carbonyl (C=O) groups is 1. The van der Waals surface area contributed by atoms with Crippen molar-refractivity contribution in [2.45, 2.75) is 51.6 Å². The molecule has 0 aliphatic carbocycles. The molecule has 1 fully saturated rings. The van der Waals surface area contributed by atoms with Crippen molar-refractivity contribution in [3.05, 3.63) is 35.4 Å². The molecule has 0 radical (unpaired) electrons. The van der Waals surface area contributed by atoms with Crippen molar-refractivity contribution in [3.63, 3.8) is 0 Å². The van der Waals surface area contributed by atoms with Crippen LogP contribution in [0.15, 0.2) is 24.3 Å². The molecule has 1 aromatic rings. The molecule has 3 N–H and O–H groups in total. The number of nitrogens with zero attached hydrogens (tertiary/aromatic N) is 1. The Morgan fingerprint density at radius 2 is 2.16 bits per heavy atom. The lowest BCUT2D eigenvalue weighted by Gasteiger charge is -2.37. The van der Waals surface area contributed by atoms with Gasteiger partial charge in [0.25, 0.3) is 5.91 Å². The van der Waals surface area contributed by atoms with E-state index < -0.39 is 10.0 Å². The Balaban J connectivity index is 1.95. The monoisotopic (exact) mass is 367 g/mol. The molecule has 7 heteroatoms. The number of aryl methyl sites for hydroxylation is 1. The highest BCUT2D eigenvalue weighted by molar-refractivity contribution is 7.89. The summed E-state index contributed by atoms with van der Waals surface area (Å²) in [7, 11) is -3.27. The number of rotatable bonds is 7. The number of nitrogens with one attached hydrogen (secondary N) is 1. The van der Waals surface area contributed by atoms with Gasteiger partial charge < -0.3 is 11.1 Å². The van der Waals surface area contributed by atoms with Crippen LogP contribution in [0.3, 0.4) is 0 Å². The van der Waals surface area contributed by atoms with Gasteiger partial charge in [-0.25, -0.2) is 8.42 Å². The van der Waals surface area contributed by atoms with Gasteiger partial charge in [-0.1, -0.05) is 19.1 Å². The third kappa shape index (κ3) is 5.26. The van der Waals surface area contributed by atoms with E-state index in [1.165, 1.54) is 0 Å². The van der Waals surface area contributed by atoms with Crippen LogP contribution in [0.5, 0.6) is 0 Å². The second kappa shape index (κ2) is 8.78. The van der Waals surface area contributed by atoms with Crippen molar-refractivity contribution in [1.29, 1.82) is 0 Å². The standard InChI is InChI=1S/C18H29N3O3S/c1-3-15-6-4-7-16(13-15)18(22)20-17-8-10-21(14(2)12-17)25(23,24)11-5-9-19/h4,6-7,13-14,17H,3,5,8-12,19H2,1-2H3,(H,20,22)/t14-,17-/m1/s1. The molecule has 1 saturated heterocycles. The normalized spacial score (nSPS) is 21.9. The Hall–Kier alpha value is -1.44. The quantitative estimate of drug-likeness (QED) is 0.764. The Bertz CT molecular complexity index is 691. The molecule has 0 aromatic heterocycles. The van der Waals surface area contributed by atoms with Crippen LogP contribution in [-0.2, 0) is 16.4 Å². The fraction of sp³-hybridized carbons (Fsp3) is 0.611. The van der Waals surface area contributed by atoms with Crippen molar-refractivity contribution >= 4 is 15.9 Å². The van der Waals surface area contributed by atoms with Gasteiger partial charge in [0.05, 0.1) is 5.75 Å². The van der Waals surface area contributed by atoms with Crippen LogP contribution in [0.25, 0.3) is 0 Å². The van der Waals surface area contributed by atoms with Crippen molar-refractivity contribution < 1.29 is 13.2 Å². The smallest absolute Gasteiger partial charge is 0.251 e. The first-order valence-electron chi connectivity index (χ1n) is 8.96. The van der Waals surface area contributed by atoms with Crippen molar-refractivity contribution in [1.82, 2.24) is 9.62 Å². The molecular formula is C18H29N3O3S. The number of carbonyl (C=O) groups excluding carboxylic acids is 1. The second-order valence-electron chi connectivity index (χ2n) is 6.67. The minimum absolute atomic E-state index is 0.00580. The number of piperidine rings is 1. The SMILES string of the molecule is CCc1cccc(C(=O)N[C@@H]2CCN(S(=O)(=O)CCCN)[C@H](C)C2)c1. The van der Waals surface area contributed by atoms with Crippen LogP contribution < -0.4 is 11.1 Å². The molecule has 6 nitrogen and oxygen atoms in total. The zero-order valence-corrected chi connectivity index (χ0v) is 15.9. The third-order valence-electron chi connectivity index (χ3n) is 4.71. The Labute approximate surface area is 150 Å². The molecule has 0 bridgehead atoms. The fourth-order valence-electron chi connectivity index (χ4n) is 3.28. The number of benzene rings is 1. The largest absolute Gasteiger partial charge is 0.349 e. The zero-order valence-electron chi connectivity index (χ0n) is 15.1. The van der Waals surface area contributed by atoms with E-state index in [4.69, 9.17) is 5.73 Å². The van der Waals surface area contributed by atoms with Crippen LogP contribution in [0, 0.1) is 0 Å². The van der Waals surface area contributed by atoms with Crippen LogP contribution in [-0.4, -0.2) is 49.6 Å². The first-order valence-corrected chi connectivity index (χ1v) is 10.6. The number of hydrogen-bond donors (Lipinski definition) is 2. The van der Waals surface area contributed by atoms with Gasteiger partial charge >= 0.3 is 0 Å². The van der Waals surface area contributed by atoms with Gasteiger partial charge in [-0.2, -0.15) is 4.31 Å². The number of nitrogens with two attached hydrogens (primary N) is 1. The second-order valence-corrected chi connectivity index (χ2v) is 8.71. The summed E-state index contributed by atoms with van der Waals surface area (Å²) >= 11 is 0. The van der Waals surface area contributed by atoms with Crippen molar-refractivity contribution in [2.24, 2.45) is 5.73 Å². The average Bonchev–Trinajstić information content (AvgIpc) is 2.60. The summed E-state index contributed by atoms with van der Waals surface area (Å²) in [6, 6.07) is 7.49. The summed E-state index contributed by atoms with van der Waals surface area (Å²) in [5.41, 5.74) is 7.21. The Morgan fingerprint density at radius 3 is 2.80 bits per heavy atom. The topological polar surface area (TPSA) is 92.5 Å². The van der Waals surface area contributed by atoms with Crippen LogP contribution in [0.1, 0.15) is 49.0 Å². The van der Waals surface area contributed by atoms with Crippen LogP contribution in [0.2, 0.25) is 0 Å². The maximum atomic E-state index is 12.5. The van der Waals surface area contributed by atoms with Crippen LogP contribution >= 0.6 is 0 Å². The maximum Gasteiger partial charge on any atom is 0.251 e. The molecule has 0 unspecified atom stereocenters. The van der Waals surface area contributed by atoms with Crippen molar-refractivity contribution in [3.8, 4) is 0 Å². The molecule has 0 saturated carbocycles. The highest BCUT2D eigenvalue weighted by Gasteiger charge is 2.33. The summed E-state index contributed by atoms with van der Waals surface area (Å²) in [6.07, 6.45) is 2.61. The Kier molecular flexibility index (Phi) is 6.98. The molecule has 1 aliphatic rings. The first-order chi connectivity index (χ1) is 11.9. The highest BCUT2D eigenvalue weighted by Crippen LogP contribution is 2.22. The summed E-state index contributed by atoms with van der Waals surface area (Å²) in [6.45, 7) is 4.76. The lowest BCUT2D eigenvalue weighted by Crippen LogP contribution is -2.51. The lowest BCUT2D eigenvalue weighted by atomic mass is 10.00. The Morgan fingerprint density at radius 1 is 1.40 bits per heavy atom. The van der Waals surface area contributed by atoms with E-state index >= 15 is 0 Å². The summed E-state index contributed by atoms with van der Waals surface area (Å²) < 4.78 is 26.3. The van der Waals surface area contributed by atoms with Gasteiger partial charge in [0.1, 0.15) is 0 Å². The van der Waals surface area contributed by atoms with Gasteiger partial charge in [0.2, 0.25) is 10.0 Å². The van der Waals surface area contributed by atoms with Gasteiger partial charge in [-0.05, 0) is 56.8 Å². The zero-order chi connectivity index (χ0) is 18.4. The number of sulfonamides is 1. The molecular weight excluding hydrogens is 338 g/mol.